The van der Waals surface area contributed by atoms with Gasteiger partial charge in [0, 0.05) is 49.5 Å². The summed E-state index contributed by atoms with van der Waals surface area (Å²) in [5.41, 5.74) is 4.08. The zero-order valence-corrected chi connectivity index (χ0v) is 12.9. The number of morpholine rings is 1. The molecule has 3 heterocycles. The normalized spacial score (nSPS) is 15.6. The van der Waals surface area contributed by atoms with Crippen LogP contribution in [0.4, 0.5) is 5.95 Å². The Morgan fingerprint density at radius 1 is 1.19 bits per heavy atom. The minimum absolute atomic E-state index is 0.751. The molecule has 0 saturated carbocycles. The van der Waals surface area contributed by atoms with E-state index >= 15 is 0 Å². The second-order valence-electron chi connectivity index (χ2n) is 5.14. The first kappa shape index (κ1) is 14.4. The molecule has 0 spiro atoms. The van der Waals surface area contributed by atoms with Crippen molar-refractivity contribution < 1.29 is 4.74 Å². The maximum Gasteiger partial charge on any atom is 0.225 e. The quantitative estimate of drug-likeness (QED) is 0.832. The molecule has 0 unspecified atom stereocenters. The van der Waals surface area contributed by atoms with E-state index < -0.39 is 0 Å². The Morgan fingerprint density at radius 2 is 1.95 bits per heavy atom. The van der Waals surface area contributed by atoms with Crippen molar-refractivity contribution in [3.05, 3.63) is 34.5 Å². The summed E-state index contributed by atoms with van der Waals surface area (Å²) in [4.78, 5) is 17.6. The lowest BCUT2D eigenvalue weighted by Crippen LogP contribution is -2.37. The highest BCUT2D eigenvalue weighted by molar-refractivity contribution is 7.07. The Balaban J connectivity index is 1.56. The van der Waals surface area contributed by atoms with Gasteiger partial charge in [-0.25, -0.2) is 15.0 Å². The van der Waals surface area contributed by atoms with Gasteiger partial charge in [0.1, 0.15) is 0 Å². The molecule has 1 fully saturated rings. The maximum absolute atomic E-state index is 5.34. The van der Waals surface area contributed by atoms with Gasteiger partial charge in [-0.1, -0.05) is 0 Å². The molecule has 0 N–H and O–H groups in total. The average Bonchev–Trinajstić information content (AvgIpc) is 3.02. The Hall–Kier alpha value is -1.57. The Bertz CT molecular complexity index is 539. The second kappa shape index (κ2) is 6.93. The van der Waals surface area contributed by atoms with E-state index in [4.69, 9.17) is 4.74 Å². The molecule has 112 valence electrons. The van der Waals surface area contributed by atoms with Crippen LogP contribution in [0.2, 0.25) is 0 Å². The summed E-state index contributed by atoms with van der Waals surface area (Å²) in [6.07, 6.45) is 3.82. The molecule has 0 aromatic carbocycles. The van der Waals surface area contributed by atoms with Gasteiger partial charge < -0.3 is 9.64 Å². The molecule has 3 rings (SSSR count). The Morgan fingerprint density at radius 3 is 2.62 bits per heavy atom. The largest absolute Gasteiger partial charge is 0.378 e. The molecule has 21 heavy (non-hydrogen) atoms. The van der Waals surface area contributed by atoms with Crippen molar-refractivity contribution >= 4 is 17.3 Å². The molecular weight excluding hydrogens is 286 g/mol. The van der Waals surface area contributed by atoms with Crippen LogP contribution in [0.25, 0.3) is 0 Å². The zero-order chi connectivity index (χ0) is 14.5. The molecule has 0 aliphatic carbocycles. The molecule has 7 heteroatoms. The van der Waals surface area contributed by atoms with Crippen LogP contribution in [0.1, 0.15) is 11.3 Å². The SMILES string of the molecule is CN(Cc1cnc(N2CCOCC2)nc1)Cc1cscn1. The molecule has 2 aromatic heterocycles. The monoisotopic (exact) mass is 305 g/mol. The van der Waals surface area contributed by atoms with Crippen molar-refractivity contribution in [1.29, 1.82) is 0 Å². The number of thiazole rings is 1. The van der Waals surface area contributed by atoms with Crippen molar-refractivity contribution in [2.45, 2.75) is 13.1 Å². The summed E-state index contributed by atoms with van der Waals surface area (Å²) in [5, 5.41) is 2.08. The van der Waals surface area contributed by atoms with Gasteiger partial charge in [0.25, 0.3) is 0 Å². The third-order valence-electron chi connectivity index (χ3n) is 3.35. The molecule has 2 aromatic rings. The van der Waals surface area contributed by atoms with Crippen LogP contribution >= 0.6 is 11.3 Å². The van der Waals surface area contributed by atoms with Crippen LogP contribution in [0, 0.1) is 0 Å². The molecule has 0 radical (unpaired) electrons. The van der Waals surface area contributed by atoms with Crippen LogP contribution in [-0.4, -0.2) is 53.2 Å². The number of rotatable bonds is 5. The number of ether oxygens (including phenoxy) is 1. The number of hydrogen-bond acceptors (Lipinski definition) is 7. The summed E-state index contributed by atoms with van der Waals surface area (Å²) in [7, 11) is 2.08. The number of hydrogen-bond donors (Lipinski definition) is 0. The van der Waals surface area contributed by atoms with Gasteiger partial charge >= 0.3 is 0 Å². The first-order chi connectivity index (χ1) is 10.3. The zero-order valence-electron chi connectivity index (χ0n) is 12.1. The summed E-state index contributed by atoms with van der Waals surface area (Å²) >= 11 is 1.63. The fraction of sp³-hybridized carbons (Fsp3) is 0.500. The van der Waals surface area contributed by atoms with E-state index in [0.29, 0.717) is 0 Å². The van der Waals surface area contributed by atoms with E-state index in [1.165, 1.54) is 0 Å². The molecule has 0 amide bonds. The lowest BCUT2D eigenvalue weighted by molar-refractivity contribution is 0.122. The molecule has 1 aliphatic heterocycles. The lowest BCUT2D eigenvalue weighted by Gasteiger charge is -2.26. The van der Waals surface area contributed by atoms with Gasteiger partial charge in [-0.2, -0.15) is 0 Å². The fourth-order valence-corrected chi connectivity index (χ4v) is 2.87. The number of anilines is 1. The van der Waals surface area contributed by atoms with E-state index in [1.54, 1.807) is 11.3 Å². The molecule has 1 aliphatic rings. The van der Waals surface area contributed by atoms with Gasteiger partial charge in [-0.3, -0.25) is 4.90 Å². The maximum atomic E-state index is 5.34. The minimum Gasteiger partial charge on any atom is -0.378 e. The Kier molecular flexibility index (Phi) is 4.74. The van der Waals surface area contributed by atoms with Crippen molar-refractivity contribution in [3.63, 3.8) is 0 Å². The average molecular weight is 305 g/mol. The summed E-state index contributed by atoms with van der Waals surface area (Å²) in [6.45, 7) is 4.89. The van der Waals surface area contributed by atoms with Crippen LogP contribution < -0.4 is 4.90 Å². The van der Waals surface area contributed by atoms with Crippen LogP contribution in [0.3, 0.4) is 0 Å². The van der Waals surface area contributed by atoms with E-state index in [1.807, 2.05) is 17.9 Å². The summed E-state index contributed by atoms with van der Waals surface area (Å²) in [5.74, 6) is 0.796. The van der Waals surface area contributed by atoms with E-state index in [0.717, 1.165) is 56.6 Å². The fourth-order valence-electron chi connectivity index (χ4n) is 2.32. The second-order valence-corrected chi connectivity index (χ2v) is 5.86. The van der Waals surface area contributed by atoms with Crippen LogP contribution in [0.15, 0.2) is 23.3 Å². The van der Waals surface area contributed by atoms with E-state index in [9.17, 15) is 0 Å². The van der Waals surface area contributed by atoms with Gasteiger partial charge in [-0.15, -0.1) is 11.3 Å². The molecule has 0 bridgehead atoms. The van der Waals surface area contributed by atoms with Gasteiger partial charge in [0.15, 0.2) is 0 Å². The minimum atomic E-state index is 0.751. The molecule has 6 nitrogen and oxygen atoms in total. The van der Waals surface area contributed by atoms with E-state index in [-0.39, 0.29) is 0 Å². The molecular formula is C14H19N5OS. The van der Waals surface area contributed by atoms with E-state index in [2.05, 4.69) is 37.2 Å². The lowest BCUT2D eigenvalue weighted by atomic mass is 10.3. The van der Waals surface area contributed by atoms with Gasteiger partial charge in [0.2, 0.25) is 5.95 Å². The van der Waals surface area contributed by atoms with Crippen molar-refractivity contribution in [2.24, 2.45) is 0 Å². The van der Waals surface area contributed by atoms with Crippen LogP contribution in [0.5, 0.6) is 0 Å². The highest BCUT2D eigenvalue weighted by Gasteiger charge is 2.13. The highest BCUT2D eigenvalue weighted by atomic mass is 32.1. The molecule has 0 atom stereocenters. The summed E-state index contributed by atoms with van der Waals surface area (Å²) in [6, 6.07) is 0. The predicted octanol–water partition coefficient (Wildman–Crippen LogP) is 1.40. The number of nitrogens with zero attached hydrogens (tertiary/aromatic N) is 5. The van der Waals surface area contributed by atoms with Crippen LogP contribution in [-0.2, 0) is 17.8 Å². The number of aromatic nitrogens is 3. The first-order valence-corrected chi connectivity index (χ1v) is 7.95. The third kappa shape index (κ3) is 3.96. The van der Waals surface area contributed by atoms with Gasteiger partial charge in [0.05, 0.1) is 24.4 Å². The highest BCUT2D eigenvalue weighted by Crippen LogP contribution is 2.11. The van der Waals surface area contributed by atoms with Crippen molar-refractivity contribution in [2.75, 3.05) is 38.3 Å². The first-order valence-electron chi connectivity index (χ1n) is 7.00. The molecule has 1 saturated heterocycles. The predicted molar refractivity (Wildman–Crippen MR) is 82.3 cm³/mol. The third-order valence-corrected chi connectivity index (χ3v) is 3.99. The topological polar surface area (TPSA) is 54.4 Å². The summed E-state index contributed by atoms with van der Waals surface area (Å²) < 4.78 is 5.34. The smallest absolute Gasteiger partial charge is 0.225 e. The van der Waals surface area contributed by atoms with Crippen molar-refractivity contribution in [1.82, 2.24) is 19.9 Å². The van der Waals surface area contributed by atoms with Gasteiger partial charge in [-0.05, 0) is 7.05 Å². The Labute approximate surface area is 128 Å². The van der Waals surface area contributed by atoms with Crippen molar-refractivity contribution in [3.8, 4) is 0 Å². The standard InChI is InChI=1S/C14H19N5OS/c1-18(9-13-10-21-11-17-13)8-12-6-15-14(16-7-12)19-2-4-20-5-3-19/h6-7,10-11H,2-5,8-9H2,1H3.